The van der Waals surface area contributed by atoms with Gasteiger partial charge in [-0.2, -0.15) is 0 Å². The van der Waals surface area contributed by atoms with Crippen molar-refractivity contribution in [3.8, 4) is 5.75 Å². The first-order valence-electron chi connectivity index (χ1n) is 7.44. The van der Waals surface area contributed by atoms with Crippen molar-refractivity contribution in [2.24, 2.45) is 5.92 Å². The van der Waals surface area contributed by atoms with Crippen molar-refractivity contribution in [1.82, 2.24) is 5.32 Å². The summed E-state index contributed by atoms with van der Waals surface area (Å²) < 4.78 is 11.3. The Morgan fingerprint density at radius 2 is 1.91 bits per heavy atom. The molecule has 0 aliphatic carbocycles. The fourth-order valence-electron chi connectivity index (χ4n) is 2.31. The molecule has 0 bridgehead atoms. The number of amides is 1. The summed E-state index contributed by atoms with van der Waals surface area (Å²) in [5.41, 5.74) is 1.67. The normalized spacial score (nSPS) is 11.2. The van der Waals surface area contributed by atoms with E-state index in [4.69, 9.17) is 9.15 Å². The Kier molecular flexibility index (Phi) is 4.00. The summed E-state index contributed by atoms with van der Waals surface area (Å²) in [7, 11) is 0. The van der Waals surface area contributed by atoms with Crippen LogP contribution in [0, 0.1) is 5.92 Å². The molecule has 1 heterocycles. The molecule has 1 N–H and O–H groups in total. The standard InChI is InChI=1S/C18H19NO3/c1-12(2)10-19-18(20)11-21-13-7-8-17-15(9-13)14-5-3-4-6-16(14)22-17/h3-9,12H,10-11H2,1-2H3,(H,19,20). The number of hydrogen-bond acceptors (Lipinski definition) is 3. The van der Waals surface area contributed by atoms with Crippen molar-refractivity contribution in [2.45, 2.75) is 13.8 Å². The fraction of sp³-hybridized carbons (Fsp3) is 0.278. The fourth-order valence-corrected chi connectivity index (χ4v) is 2.31. The lowest BCUT2D eigenvalue weighted by atomic mass is 10.1. The highest BCUT2D eigenvalue weighted by molar-refractivity contribution is 6.05. The molecule has 0 fully saturated rings. The van der Waals surface area contributed by atoms with Crippen LogP contribution in [-0.2, 0) is 4.79 Å². The van der Waals surface area contributed by atoms with Gasteiger partial charge in [0.1, 0.15) is 16.9 Å². The van der Waals surface area contributed by atoms with Gasteiger partial charge in [-0.05, 0) is 30.2 Å². The van der Waals surface area contributed by atoms with E-state index in [1.165, 1.54) is 0 Å². The molecule has 1 amide bonds. The van der Waals surface area contributed by atoms with E-state index in [1.807, 2.05) is 42.5 Å². The van der Waals surface area contributed by atoms with Crippen LogP contribution in [-0.4, -0.2) is 19.1 Å². The Labute approximate surface area is 129 Å². The molecule has 0 saturated heterocycles. The van der Waals surface area contributed by atoms with Gasteiger partial charge in [-0.25, -0.2) is 0 Å². The second-order valence-electron chi connectivity index (χ2n) is 5.74. The molecule has 2 aromatic carbocycles. The Bertz CT molecular complexity index is 804. The Morgan fingerprint density at radius 3 is 2.73 bits per heavy atom. The minimum Gasteiger partial charge on any atom is -0.484 e. The summed E-state index contributed by atoms with van der Waals surface area (Å²) >= 11 is 0. The molecule has 4 nitrogen and oxygen atoms in total. The molecule has 22 heavy (non-hydrogen) atoms. The zero-order valence-electron chi connectivity index (χ0n) is 12.8. The van der Waals surface area contributed by atoms with Crippen LogP contribution in [0.4, 0.5) is 0 Å². The van der Waals surface area contributed by atoms with Crippen LogP contribution in [0.5, 0.6) is 5.75 Å². The molecule has 114 valence electrons. The van der Waals surface area contributed by atoms with Crippen molar-refractivity contribution >= 4 is 27.8 Å². The van der Waals surface area contributed by atoms with Gasteiger partial charge < -0.3 is 14.5 Å². The molecule has 3 aromatic rings. The third kappa shape index (κ3) is 3.06. The number of para-hydroxylation sites is 1. The SMILES string of the molecule is CC(C)CNC(=O)COc1ccc2oc3ccccc3c2c1. The van der Waals surface area contributed by atoms with Gasteiger partial charge in [-0.1, -0.05) is 32.0 Å². The average molecular weight is 297 g/mol. The first kappa shape index (κ1) is 14.4. The number of fused-ring (bicyclic) bond motifs is 3. The number of furan rings is 1. The largest absolute Gasteiger partial charge is 0.484 e. The lowest BCUT2D eigenvalue weighted by Crippen LogP contribution is -2.31. The second kappa shape index (κ2) is 6.10. The van der Waals surface area contributed by atoms with Crippen molar-refractivity contribution in [3.05, 3.63) is 42.5 Å². The number of rotatable bonds is 5. The molecule has 1 aromatic heterocycles. The van der Waals surface area contributed by atoms with Crippen LogP contribution in [0.2, 0.25) is 0 Å². The van der Waals surface area contributed by atoms with Crippen molar-refractivity contribution in [1.29, 1.82) is 0 Å². The van der Waals surface area contributed by atoms with Gasteiger partial charge in [-0.3, -0.25) is 4.79 Å². The predicted octanol–water partition coefficient (Wildman–Crippen LogP) is 3.74. The van der Waals surface area contributed by atoms with E-state index in [-0.39, 0.29) is 12.5 Å². The third-order valence-corrected chi connectivity index (χ3v) is 3.43. The zero-order chi connectivity index (χ0) is 15.5. The Hall–Kier alpha value is -2.49. The molecule has 0 radical (unpaired) electrons. The van der Waals surface area contributed by atoms with Crippen LogP contribution < -0.4 is 10.1 Å². The number of benzene rings is 2. The molecule has 3 rings (SSSR count). The van der Waals surface area contributed by atoms with Crippen LogP contribution >= 0.6 is 0 Å². The maximum absolute atomic E-state index is 11.7. The van der Waals surface area contributed by atoms with E-state index < -0.39 is 0 Å². The van der Waals surface area contributed by atoms with Gasteiger partial charge in [0.2, 0.25) is 0 Å². The summed E-state index contributed by atoms with van der Waals surface area (Å²) in [5, 5.41) is 4.88. The molecule has 4 heteroatoms. The number of nitrogens with one attached hydrogen (secondary N) is 1. The van der Waals surface area contributed by atoms with Crippen molar-refractivity contribution in [2.75, 3.05) is 13.2 Å². The molecule has 0 aliphatic rings. The average Bonchev–Trinajstić information content (AvgIpc) is 2.89. The lowest BCUT2D eigenvalue weighted by Gasteiger charge is -2.09. The van der Waals surface area contributed by atoms with Gasteiger partial charge in [0.25, 0.3) is 5.91 Å². The second-order valence-corrected chi connectivity index (χ2v) is 5.74. The van der Waals surface area contributed by atoms with Crippen molar-refractivity contribution in [3.63, 3.8) is 0 Å². The van der Waals surface area contributed by atoms with Gasteiger partial charge >= 0.3 is 0 Å². The summed E-state index contributed by atoms with van der Waals surface area (Å²) in [6, 6.07) is 13.5. The van der Waals surface area contributed by atoms with E-state index in [1.54, 1.807) is 0 Å². The van der Waals surface area contributed by atoms with Gasteiger partial charge in [0.05, 0.1) is 0 Å². The maximum atomic E-state index is 11.7. The quantitative estimate of drug-likeness (QED) is 0.780. The smallest absolute Gasteiger partial charge is 0.257 e. The molecular weight excluding hydrogens is 278 g/mol. The van der Waals surface area contributed by atoms with Gasteiger partial charge in [0, 0.05) is 17.3 Å². The van der Waals surface area contributed by atoms with Crippen LogP contribution in [0.3, 0.4) is 0 Å². The first-order chi connectivity index (χ1) is 10.6. The number of carbonyl (C=O) groups excluding carboxylic acids is 1. The monoisotopic (exact) mass is 297 g/mol. The Balaban J connectivity index is 1.74. The topological polar surface area (TPSA) is 51.5 Å². The third-order valence-electron chi connectivity index (χ3n) is 3.43. The lowest BCUT2D eigenvalue weighted by molar-refractivity contribution is -0.123. The van der Waals surface area contributed by atoms with E-state index >= 15 is 0 Å². The first-order valence-corrected chi connectivity index (χ1v) is 7.44. The Morgan fingerprint density at radius 1 is 1.14 bits per heavy atom. The molecule has 0 aliphatic heterocycles. The van der Waals surface area contributed by atoms with E-state index in [0.29, 0.717) is 18.2 Å². The summed E-state index contributed by atoms with van der Waals surface area (Å²) in [6.07, 6.45) is 0. The number of hydrogen-bond donors (Lipinski definition) is 1. The highest BCUT2D eigenvalue weighted by Crippen LogP contribution is 2.31. The molecule has 0 unspecified atom stereocenters. The summed E-state index contributed by atoms with van der Waals surface area (Å²) in [6.45, 7) is 4.79. The molecule has 0 atom stereocenters. The summed E-state index contributed by atoms with van der Waals surface area (Å²) in [4.78, 5) is 11.7. The zero-order valence-corrected chi connectivity index (χ0v) is 12.8. The van der Waals surface area contributed by atoms with E-state index in [0.717, 1.165) is 21.9 Å². The van der Waals surface area contributed by atoms with Crippen LogP contribution in [0.25, 0.3) is 21.9 Å². The molecule has 0 saturated carbocycles. The minimum absolute atomic E-state index is 0.0218. The summed E-state index contributed by atoms with van der Waals surface area (Å²) in [5.74, 6) is 0.988. The highest BCUT2D eigenvalue weighted by atomic mass is 16.5. The number of carbonyl (C=O) groups is 1. The van der Waals surface area contributed by atoms with Crippen LogP contribution in [0.15, 0.2) is 46.9 Å². The van der Waals surface area contributed by atoms with Crippen molar-refractivity contribution < 1.29 is 13.9 Å². The van der Waals surface area contributed by atoms with Gasteiger partial charge in [-0.15, -0.1) is 0 Å². The van der Waals surface area contributed by atoms with Crippen LogP contribution in [0.1, 0.15) is 13.8 Å². The highest BCUT2D eigenvalue weighted by Gasteiger charge is 2.08. The number of ether oxygens (including phenoxy) is 1. The molecule has 0 spiro atoms. The minimum atomic E-state index is -0.106. The predicted molar refractivity (Wildman–Crippen MR) is 87.1 cm³/mol. The van der Waals surface area contributed by atoms with Gasteiger partial charge in [0.15, 0.2) is 6.61 Å². The van der Waals surface area contributed by atoms with E-state index in [2.05, 4.69) is 19.2 Å². The maximum Gasteiger partial charge on any atom is 0.257 e. The molecular formula is C18H19NO3. The van der Waals surface area contributed by atoms with E-state index in [9.17, 15) is 4.79 Å².